The molecule has 0 saturated heterocycles. The van der Waals surface area contributed by atoms with E-state index < -0.39 is 14.0 Å². The lowest BCUT2D eigenvalue weighted by atomic mass is 10.2. The van der Waals surface area contributed by atoms with Crippen LogP contribution >= 0.6 is 0 Å². The van der Waals surface area contributed by atoms with Gasteiger partial charge in [0.1, 0.15) is 13.8 Å². The normalized spacial score (nSPS) is 10.1. The van der Waals surface area contributed by atoms with E-state index in [9.17, 15) is 9.59 Å². The van der Waals surface area contributed by atoms with E-state index in [2.05, 4.69) is 11.5 Å². The minimum atomic E-state index is -1.59. The average molecular weight is 246 g/mol. The van der Waals surface area contributed by atoms with Crippen molar-refractivity contribution in [3.63, 3.8) is 0 Å². The van der Waals surface area contributed by atoms with E-state index in [0.717, 1.165) is 0 Å². The SMILES string of the molecule is C[Si](C)(C)C#CC(=O)Oc1ccccc1C=O. The number of aldehydes is 1. The number of carbonyl (C=O) groups excluding carboxylic acids is 2. The standard InChI is InChI=1S/C13H14O3Si/c1-17(2,3)9-8-13(15)16-12-7-5-4-6-11(12)10-14/h4-7,10H,1-3H3. The molecule has 0 bridgehead atoms. The van der Waals surface area contributed by atoms with Crippen LogP contribution in [0.15, 0.2) is 24.3 Å². The van der Waals surface area contributed by atoms with E-state index in [0.29, 0.717) is 11.8 Å². The van der Waals surface area contributed by atoms with Crippen molar-refractivity contribution in [2.75, 3.05) is 0 Å². The van der Waals surface area contributed by atoms with Crippen molar-refractivity contribution in [2.24, 2.45) is 0 Å². The van der Waals surface area contributed by atoms with Gasteiger partial charge in [0.25, 0.3) is 0 Å². The summed E-state index contributed by atoms with van der Waals surface area (Å²) in [6.45, 7) is 6.10. The minimum absolute atomic E-state index is 0.248. The maximum atomic E-state index is 11.4. The molecule has 3 nitrogen and oxygen atoms in total. The van der Waals surface area contributed by atoms with Crippen LogP contribution in [0.2, 0.25) is 19.6 Å². The molecule has 0 atom stereocenters. The molecule has 0 aliphatic rings. The highest BCUT2D eigenvalue weighted by Gasteiger charge is 2.10. The summed E-state index contributed by atoms with van der Waals surface area (Å²) in [6, 6.07) is 6.55. The van der Waals surface area contributed by atoms with Gasteiger partial charge in [0.15, 0.2) is 6.29 Å². The fraction of sp³-hybridized carbons (Fsp3) is 0.231. The monoisotopic (exact) mass is 246 g/mol. The van der Waals surface area contributed by atoms with Crippen molar-refractivity contribution in [2.45, 2.75) is 19.6 Å². The van der Waals surface area contributed by atoms with Crippen molar-refractivity contribution >= 4 is 20.3 Å². The van der Waals surface area contributed by atoms with Gasteiger partial charge in [-0.15, -0.1) is 5.54 Å². The molecule has 0 heterocycles. The Morgan fingerprint density at radius 1 is 1.29 bits per heavy atom. The van der Waals surface area contributed by atoms with Crippen LogP contribution in [0.25, 0.3) is 0 Å². The third-order valence-corrected chi connectivity index (χ3v) is 2.66. The van der Waals surface area contributed by atoms with Crippen molar-refractivity contribution < 1.29 is 14.3 Å². The highest BCUT2D eigenvalue weighted by molar-refractivity contribution is 6.84. The second-order valence-corrected chi connectivity index (χ2v) is 9.30. The molecule has 0 unspecified atom stereocenters. The van der Waals surface area contributed by atoms with Gasteiger partial charge in [-0.2, -0.15) is 0 Å². The molecule has 0 amide bonds. The molecular weight excluding hydrogens is 232 g/mol. The van der Waals surface area contributed by atoms with Crippen molar-refractivity contribution in [3.8, 4) is 17.2 Å². The molecule has 0 aliphatic heterocycles. The summed E-state index contributed by atoms with van der Waals surface area (Å²) in [6.07, 6.45) is 0.647. The van der Waals surface area contributed by atoms with Gasteiger partial charge in [0, 0.05) is 5.92 Å². The van der Waals surface area contributed by atoms with Gasteiger partial charge in [-0.05, 0) is 12.1 Å². The first-order valence-electron chi connectivity index (χ1n) is 5.21. The highest BCUT2D eigenvalue weighted by atomic mass is 28.3. The second kappa shape index (κ2) is 5.46. The van der Waals surface area contributed by atoms with Gasteiger partial charge in [0.2, 0.25) is 0 Å². The first-order valence-corrected chi connectivity index (χ1v) is 8.71. The maximum absolute atomic E-state index is 11.4. The number of ether oxygens (including phenoxy) is 1. The Bertz CT molecular complexity index is 489. The second-order valence-electron chi connectivity index (χ2n) is 4.55. The molecule has 0 aliphatic carbocycles. The Balaban J connectivity index is 2.81. The first-order chi connectivity index (χ1) is 7.92. The lowest BCUT2D eigenvalue weighted by molar-refractivity contribution is -0.128. The zero-order chi connectivity index (χ0) is 12.9. The van der Waals surface area contributed by atoms with Crippen LogP contribution in [0.1, 0.15) is 10.4 Å². The van der Waals surface area contributed by atoms with Crippen LogP contribution in [-0.2, 0) is 4.79 Å². The Hall–Kier alpha value is -1.86. The zero-order valence-electron chi connectivity index (χ0n) is 10.1. The predicted molar refractivity (Wildman–Crippen MR) is 68.6 cm³/mol. The molecule has 4 heteroatoms. The highest BCUT2D eigenvalue weighted by Crippen LogP contribution is 2.15. The molecule has 0 radical (unpaired) electrons. The number of rotatable bonds is 2. The fourth-order valence-electron chi connectivity index (χ4n) is 1.03. The summed E-state index contributed by atoms with van der Waals surface area (Å²) in [5.74, 6) is 2.08. The summed E-state index contributed by atoms with van der Waals surface area (Å²) >= 11 is 0. The van der Waals surface area contributed by atoms with E-state index in [1.165, 1.54) is 0 Å². The van der Waals surface area contributed by atoms with E-state index in [1.807, 2.05) is 19.6 Å². The maximum Gasteiger partial charge on any atom is 0.389 e. The summed E-state index contributed by atoms with van der Waals surface area (Å²) < 4.78 is 5.01. The molecule has 0 saturated carbocycles. The van der Waals surface area contributed by atoms with Gasteiger partial charge in [-0.3, -0.25) is 4.79 Å². The predicted octanol–water partition coefficient (Wildman–Crippen LogP) is 2.29. The van der Waals surface area contributed by atoms with Gasteiger partial charge in [-0.1, -0.05) is 31.8 Å². The third-order valence-electron chi connectivity index (χ3n) is 1.79. The molecule has 17 heavy (non-hydrogen) atoms. The molecule has 0 spiro atoms. The lowest BCUT2D eigenvalue weighted by Crippen LogP contribution is -2.18. The minimum Gasteiger partial charge on any atom is -0.416 e. The summed E-state index contributed by atoms with van der Waals surface area (Å²) in [5, 5.41) is 0. The first kappa shape index (κ1) is 13.2. The van der Waals surface area contributed by atoms with Crippen molar-refractivity contribution in [3.05, 3.63) is 29.8 Å². The van der Waals surface area contributed by atoms with Gasteiger partial charge in [-0.25, -0.2) is 4.79 Å². The summed E-state index contributed by atoms with van der Waals surface area (Å²) in [7, 11) is -1.59. The number of para-hydroxylation sites is 1. The van der Waals surface area contributed by atoms with Crippen LogP contribution < -0.4 is 4.74 Å². The van der Waals surface area contributed by atoms with Crippen LogP contribution in [-0.4, -0.2) is 20.3 Å². The summed E-state index contributed by atoms with van der Waals surface area (Å²) in [5.41, 5.74) is 3.25. The fourth-order valence-corrected chi connectivity index (χ4v) is 1.51. The average Bonchev–Trinajstić information content (AvgIpc) is 2.26. The largest absolute Gasteiger partial charge is 0.416 e. The zero-order valence-corrected chi connectivity index (χ0v) is 11.1. The van der Waals surface area contributed by atoms with Crippen LogP contribution in [0, 0.1) is 11.5 Å². The quantitative estimate of drug-likeness (QED) is 0.264. The topological polar surface area (TPSA) is 43.4 Å². The van der Waals surface area contributed by atoms with Crippen LogP contribution in [0.5, 0.6) is 5.75 Å². The van der Waals surface area contributed by atoms with E-state index >= 15 is 0 Å². The Morgan fingerprint density at radius 2 is 1.94 bits per heavy atom. The Labute approximate surface area is 102 Å². The Morgan fingerprint density at radius 3 is 2.53 bits per heavy atom. The van der Waals surface area contributed by atoms with Crippen molar-refractivity contribution in [1.82, 2.24) is 0 Å². The van der Waals surface area contributed by atoms with Gasteiger partial charge < -0.3 is 4.74 Å². The molecule has 1 rings (SSSR count). The third kappa shape index (κ3) is 4.66. The van der Waals surface area contributed by atoms with Gasteiger partial charge in [0.05, 0.1) is 5.56 Å². The molecule has 0 N–H and O–H groups in total. The van der Waals surface area contributed by atoms with E-state index in [4.69, 9.17) is 4.74 Å². The Kier molecular flexibility index (Phi) is 4.24. The van der Waals surface area contributed by atoms with E-state index in [-0.39, 0.29) is 5.75 Å². The molecule has 1 aromatic carbocycles. The number of benzene rings is 1. The van der Waals surface area contributed by atoms with E-state index in [1.54, 1.807) is 24.3 Å². The number of carbonyl (C=O) groups is 2. The number of hydrogen-bond acceptors (Lipinski definition) is 3. The smallest absolute Gasteiger partial charge is 0.389 e. The lowest BCUT2D eigenvalue weighted by Gasteiger charge is -2.04. The molecule has 1 aromatic rings. The molecular formula is C13H14O3Si. The molecule has 0 aromatic heterocycles. The number of esters is 1. The van der Waals surface area contributed by atoms with Crippen LogP contribution in [0.3, 0.4) is 0 Å². The van der Waals surface area contributed by atoms with Crippen LogP contribution in [0.4, 0.5) is 0 Å². The van der Waals surface area contributed by atoms with Gasteiger partial charge >= 0.3 is 5.97 Å². The molecule has 88 valence electrons. The van der Waals surface area contributed by atoms with Crippen molar-refractivity contribution in [1.29, 1.82) is 0 Å². The molecule has 0 fully saturated rings. The summed E-state index contributed by atoms with van der Waals surface area (Å²) in [4.78, 5) is 22.1. The number of hydrogen-bond donors (Lipinski definition) is 0.